The number of hydrogen-bond donors (Lipinski definition) is 2. The van der Waals surface area contributed by atoms with E-state index in [1.165, 1.54) is 31.3 Å². The lowest BCUT2D eigenvalue weighted by Gasteiger charge is -2.01. The largest absolute Gasteiger partial charge is 0.478 e. The van der Waals surface area contributed by atoms with Gasteiger partial charge in [0.2, 0.25) is 5.91 Å². The minimum atomic E-state index is -1.44. The molecular formula is C10H11NO4S. The van der Waals surface area contributed by atoms with Crippen LogP contribution < -0.4 is 5.32 Å². The van der Waals surface area contributed by atoms with Gasteiger partial charge in [-0.2, -0.15) is 0 Å². The summed E-state index contributed by atoms with van der Waals surface area (Å²) in [6, 6.07) is 5.61. The molecule has 0 aliphatic rings. The van der Waals surface area contributed by atoms with Crippen LogP contribution in [0.2, 0.25) is 0 Å². The predicted octanol–water partition coefficient (Wildman–Crippen LogP) is 0.238. The van der Waals surface area contributed by atoms with E-state index in [1.54, 1.807) is 0 Å². The SMILES string of the molecule is CNC(=O)CS(=O)c1ccc(C(=O)O)cc1. The van der Waals surface area contributed by atoms with Crippen molar-refractivity contribution < 1.29 is 18.9 Å². The number of nitrogens with one attached hydrogen (secondary N) is 1. The topological polar surface area (TPSA) is 83.5 Å². The summed E-state index contributed by atoms with van der Waals surface area (Å²) >= 11 is 0. The lowest BCUT2D eigenvalue weighted by Crippen LogP contribution is -2.24. The molecule has 0 saturated carbocycles. The minimum absolute atomic E-state index is 0.122. The molecule has 0 spiro atoms. The predicted molar refractivity (Wildman–Crippen MR) is 58.7 cm³/mol. The summed E-state index contributed by atoms with van der Waals surface area (Å²) < 4.78 is 11.6. The van der Waals surface area contributed by atoms with Crippen LogP contribution in [0.5, 0.6) is 0 Å². The Morgan fingerprint density at radius 3 is 2.31 bits per heavy atom. The van der Waals surface area contributed by atoms with Crippen LogP contribution in [0, 0.1) is 0 Å². The lowest BCUT2D eigenvalue weighted by molar-refractivity contribution is -0.118. The molecule has 0 fully saturated rings. The van der Waals surface area contributed by atoms with Crippen molar-refractivity contribution in [1.82, 2.24) is 5.32 Å². The first-order chi connectivity index (χ1) is 7.54. The third-order valence-corrected chi connectivity index (χ3v) is 3.23. The summed E-state index contributed by atoms with van der Waals surface area (Å²) in [5.41, 5.74) is 0.126. The van der Waals surface area contributed by atoms with Gasteiger partial charge < -0.3 is 10.4 Å². The number of amides is 1. The molecule has 0 saturated heterocycles. The lowest BCUT2D eigenvalue weighted by atomic mass is 10.2. The first kappa shape index (κ1) is 12.4. The second-order valence-electron chi connectivity index (χ2n) is 2.99. The van der Waals surface area contributed by atoms with E-state index in [-0.39, 0.29) is 17.2 Å². The van der Waals surface area contributed by atoms with E-state index in [4.69, 9.17) is 5.11 Å². The van der Waals surface area contributed by atoms with Crippen LogP contribution in [-0.4, -0.2) is 34.0 Å². The molecule has 16 heavy (non-hydrogen) atoms. The van der Waals surface area contributed by atoms with E-state index in [9.17, 15) is 13.8 Å². The van der Waals surface area contributed by atoms with Gasteiger partial charge in [0.25, 0.3) is 0 Å². The van der Waals surface area contributed by atoms with Gasteiger partial charge in [0.05, 0.1) is 16.4 Å². The Hall–Kier alpha value is -1.69. The number of carboxylic acids is 1. The summed E-state index contributed by atoms with van der Waals surface area (Å²) in [6.07, 6.45) is 0. The highest BCUT2D eigenvalue weighted by Gasteiger charge is 2.09. The normalized spacial score (nSPS) is 11.8. The fourth-order valence-corrected chi connectivity index (χ4v) is 2.01. The van der Waals surface area contributed by atoms with E-state index in [0.29, 0.717) is 4.90 Å². The van der Waals surface area contributed by atoms with Gasteiger partial charge >= 0.3 is 5.97 Å². The summed E-state index contributed by atoms with van der Waals surface area (Å²) in [7, 11) is 0.0255. The van der Waals surface area contributed by atoms with Crippen LogP contribution >= 0.6 is 0 Å². The summed E-state index contributed by atoms with van der Waals surface area (Å²) in [5, 5.41) is 11.0. The second-order valence-corrected chi connectivity index (χ2v) is 4.44. The molecule has 1 atom stereocenters. The van der Waals surface area contributed by atoms with Gasteiger partial charge in [-0.3, -0.25) is 9.00 Å². The van der Waals surface area contributed by atoms with Crippen LogP contribution in [0.4, 0.5) is 0 Å². The van der Waals surface area contributed by atoms with Gasteiger partial charge in [-0.05, 0) is 24.3 Å². The van der Waals surface area contributed by atoms with Gasteiger partial charge in [-0.25, -0.2) is 4.79 Å². The summed E-state index contributed by atoms with van der Waals surface area (Å²) in [4.78, 5) is 22.0. The number of aromatic carboxylic acids is 1. The van der Waals surface area contributed by atoms with Crippen LogP contribution in [0.25, 0.3) is 0 Å². The molecule has 0 aliphatic heterocycles. The van der Waals surface area contributed by atoms with Gasteiger partial charge in [0, 0.05) is 11.9 Å². The van der Waals surface area contributed by atoms with Crippen molar-refractivity contribution in [3.63, 3.8) is 0 Å². The molecule has 1 rings (SSSR count). The molecule has 2 N–H and O–H groups in total. The quantitative estimate of drug-likeness (QED) is 0.791. The molecule has 1 unspecified atom stereocenters. The monoisotopic (exact) mass is 241 g/mol. The fourth-order valence-electron chi connectivity index (χ4n) is 1.02. The molecule has 0 heterocycles. The first-order valence-electron chi connectivity index (χ1n) is 4.47. The molecule has 1 aromatic carbocycles. The molecule has 6 heteroatoms. The Bertz CT molecular complexity index is 427. The van der Waals surface area contributed by atoms with Crippen molar-refractivity contribution in [3.8, 4) is 0 Å². The van der Waals surface area contributed by atoms with Gasteiger partial charge in [-0.15, -0.1) is 0 Å². The zero-order chi connectivity index (χ0) is 12.1. The van der Waals surface area contributed by atoms with Crippen molar-refractivity contribution in [1.29, 1.82) is 0 Å². The fraction of sp³-hybridized carbons (Fsp3) is 0.200. The zero-order valence-electron chi connectivity index (χ0n) is 8.60. The highest BCUT2D eigenvalue weighted by Crippen LogP contribution is 2.09. The maximum Gasteiger partial charge on any atom is 0.335 e. The smallest absolute Gasteiger partial charge is 0.335 e. The van der Waals surface area contributed by atoms with E-state index >= 15 is 0 Å². The molecule has 0 aliphatic carbocycles. The maximum atomic E-state index is 11.6. The highest BCUT2D eigenvalue weighted by atomic mass is 32.2. The van der Waals surface area contributed by atoms with Crippen molar-refractivity contribution in [2.75, 3.05) is 12.8 Å². The van der Waals surface area contributed by atoms with E-state index in [2.05, 4.69) is 5.32 Å². The first-order valence-corrected chi connectivity index (χ1v) is 5.79. The summed E-state index contributed by atoms with van der Waals surface area (Å²) in [5.74, 6) is -1.48. The zero-order valence-corrected chi connectivity index (χ0v) is 9.41. The molecule has 0 aromatic heterocycles. The third-order valence-electron chi connectivity index (χ3n) is 1.91. The standard InChI is InChI=1S/C10H11NO4S/c1-11-9(12)6-16(15)8-4-2-7(3-5-8)10(13)14/h2-5H,6H2,1H3,(H,11,12)(H,13,14). The maximum absolute atomic E-state index is 11.6. The number of rotatable bonds is 4. The third kappa shape index (κ3) is 3.16. The van der Waals surface area contributed by atoms with Crippen molar-refractivity contribution >= 4 is 22.7 Å². The average Bonchev–Trinajstić information content (AvgIpc) is 2.28. The van der Waals surface area contributed by atoms with E-state index in [1.807, 2.05) is 0 Å². The Kier molecular flexibility index (Phi) is 4.19. The molecule has 86 valence electrons. The number of hydrogen-bond acceptors (Lipinski definition) is 3. The van der Waals surface area contributed by atoms with Crippen LogP contribution in [0.1, 0.15) is 10.4 Å². The van der Waals surface area contributed by atoms with Crippen molar-refractivity contribution in [2.24, 2.45) is 0 Å². The van der Waals surface area contributed by atoms with Crippen molar-refractivity contribution in [2.45, 2.75) is 4.90 Å². The number of carboxylic acid groups (broad SMARTS) is 1. The van der Waals surface area contributed by atoms with Gasteiger partial charge in [0.15, 0.2) is 0 Å². The second kappa shape index (κ2) is 5.41. The van der Waals surface area contributed by atoms with E-state index in [0.717, 1.165) is 0 Å². The van der Waals surface area contributed by atoms with Crippen molar-refractivity contribution in [3.05, 3.63) is 29.8 Å². The number of benzene rings is 1. The Balaban J connectivity index is 2.78. The Labute approximate surface area is 94.9 Å². The minimum Gasteiger partial charge on any atom is -0.478 e. The van der Waals surface area contributed by atoms with E-state index < -0.39 is 16.8 Å². The van der Waals surface area contributed by atoms with Crippen LogP contribution in [0.3, 0.4) is 0 Å². The molecular weight excluding hydrogens is 230 g/mol. The highest BCUT2D eigenvalue weighted by molar-refractivity contribution is 7.85. The molecule has 0 bridgehead atoms. The average molecular weight is 241 g/mol. The molecule has 1 amide bonds. The molecule has 5 nitrogen and oxygen atoms in total. The molecule has 1 aromatic rings. The van der Waals surface area contributed by atoms with Gasteiger partial charge in [-0.1, -0.05) is 0 Å². The number of carbonyl (C=O) groups is 2. The summed E-state index contributed by atoms with van der Waals surface area (Å²) in [6.45, 7) is 0. The number of carbonyl (C=O) groups excluding carboxylic acids is 1. The van der Waals surface area contributed by atoms with Gasteiger partial charge in [0.1, 0.15) is 5.75 Å². The Morgan fingerprint density at radius 1 is 1.31 bits per heavy atom. The molecule has 0 radical (unpaired) electrons. The van der Waals surface area contributed by atoms with Crippen LogP contribution in [-0.2, 0) is 15.6 Å². The Morgan fingerprint density at radius 2 is 1.88 bits per heavy atom. The van der Waals surface area contributed by atoms with Crippen LogP contribution in [0.15, 0.2) is 29.2 Å².